The van der Waals surface area contributed by atoms with Crippen molar-refractivity contribution in [3.63, 3.8) is 0 Å². The van der Waals surface area contributed by atoms with Crippen LogP contribution >= 0.6 is 15.6 Å². The van der Waals surface area contributed by atoms with Crippen LogP contribution in [0.3, 0.4) is 0 Å². The second-order valence-electron chi connectivity index (χ2n) is 8.97. The molecule has 0 aromatic carbocycles. The van der Waals surface area contributed by atoms with Crippen molar-refractivity contribution in [3.8, 4) is 0 Å². The van der Waals surface area contributed by atoms with Crippen LogP contribution in [-0.4, -0.2) is 127 Å². The van der Waals surface area contributed by atoms with Crippen LogP contribution in [0.2, 0.25) is 0 Å². The van der Waals surface area contributed by atoms with E-state index < -0.39 is 90.1 Å². The molecule has 3 heterocycles. The SMILES string of the molecule is CC(C(O)C(O)C(O)C(O)OP(=O)(O)OP(=O)(O)OCC1OC(n2cnc3c(N)ncnc32)C(F)C1O)[C@H](O)CO. The molecule has 12 atom stereocenters. The van der Waals surface area contributed by atoms with Gasteiger partial charge in [-0.05, 0) is 0 Å². The van der Waals surface area contributed by atoms with E-state index in [2.05, 4.69) is 28.3 Å². The van der Waals surface area contributed by atoms with E-state index in [1.54, 1.807) is 0 Å². The van der Waals surface area contributed by atoms with Gasteiger partial charge in [-0.25, -0.2) is 28.5 Å². The van der Waals surface area contributed by atoms with Crippen LogP contribution in [-0.2, 0) is 27.2 Å². The summed E-state index contributed by atoms with van der Waals surface area (Å²) in [5.74, 6) is -1.27. The monoisotopic (exact) mass is 637 g/mol. The molecule has 2 aromatic rings. The Morgan fingerprint density at radius 3 is 2.39 bits per heavy atom. The molecule has 3 rings (SSSR count). The Balaban J connectivity index is 1.58. The summed E-state index contributed by atoms with van der Waals surface area (Å²) in [4.78, 5) is 31.2. The topological polar surface area (TPSA) is 323 Å². The Bertz CT molecular complexity index is 1280. The van der Waals surface area contributed by atoms with Gasteiger partial charge in [-0.2, -0.15) is 4.31 Å². The summed E-state index contributed by atoms with van der Waals surface area (Å²) in [6, 6.07) is 0. The molecule has 41 heavy (non-hydrogen) atoms. The van der Waals surface area contributed by atoms with Crippen LogP contribution in [0.1, 0.15) is 13.2 Å². The number of nitrogen functional groups attached to an aromatic ring is 1. The second kappa shape index (κ2) is 13.2. The molecule has 11 N–H and O–H groups in total. The molecule has 0 radical (unpaired) electrons. The second-order valence-corrected chi connectivity index (χ2v) is 12.0. The number of phosphoric ester groups is 2. The predicted octanol–water partition coefficient (Wildman–Crippen LogP) is -3.35. The van der Waals surface area contributed by atoms with E-state index >= 15 is 0 Å². The molecular weight excluding hydrogens is 607 g/mol. The highest BCUT2D eigenvalue weighted by Crippen LogP contribution is 2.61. The maximum atomic E-state index is 14.8. The van der Waals surface area contributed by atoms with Crippen molar-refractivity contribution in [2.24, 2.45) is 5.92 Å². The van der Waals surface area contributed by atoms with Crippen LogP contribution in [0.25, 0.3) is 11.2 Å². The number of rotatable bonds is 14. The Morgan fingerprint density at radius 1 is 1.10 bits per heavy atom. The van der Waals surface area contributed by atoms with Gasteiger partial charge in [0.25, 0.3) is 0 Å². The van der Waals surface area contributed by atoms with Gasteiger partial charge in [0.2, 0.25) is 0 Å². The molecule has 0 bridgehead atoms. The van der Waals surface area contributed by atoms with E-state index in [4.69, 9.17) is 15.6 Å². The van der Waals surface area contributed by atoms with Crippen molar-refractivity contribution < 1.29 is 77.1 Å². The molecule has 20 nitrogen and oxygen atoms in total. The minimum absolute atomic E-state index is 0.0185. The smallest absolute Gasteiger partial charge is 0.394 e. The number of phosphoric acid groups is 2. The normalized spacial score (nSPS) is 28.9. The number of hydrogen-bond donors (Lipinski definition) is 10. The number of alkyl halides is 1. The first-order valence-electron chi connectivity index (χ1n) is 11.6. The van der Waals surface area contributed by atoms with Gasteiger partial charge >= 0.3 is 15.6 Å². The Labute approximate surface area is 229 Å². The van der Waals surface area contributed by atoms with Crippen molar-refractivity contribution in [3.05, 3.63) is 12.7 Å². The molecule has 0 spiro atoms. The number of nitrogens with zero attached hydrogens (tertiary/aromatic N) is 4. The number of aliphatic hydroxyl groups is 7. The molecule has 1 aliphatic heterocycles. The molecule has 0 amide bonds. The Kier molecular flexibility index (Phi) is 10.9. The van der Waals surface area contributed by atoms with Crippen molar-refractivity contribution in [1.82, 2.24) is 19.5 Å². The molecule has 0 saturated carbocycles. The largest absolute Gasteiger partial charge is 0.483 e. The highest BCUT2D eigenvalue weighted by molar-refractivity contribution is 7.61. The van der Waals surface area contributed by atoms with Crippen LogP contribution in [0.5, 0.6) is 0 Å². The van der Waals surface area contributed by atoms with E-state index in [1.807, 2.05) is 0 Å². The van der Waals surface area contributed by atoms with Crippen molar-refractivity contribution >= 4 is 32.6 Å². The zero-order valence-electron chi connectivity index (χ0n) is 21.0. The molecule has 23 heteroatoms. The summed E-state index contributed by atoms with van der Waals surface area (Å²) in [6.45, 7) is -0.739. The van der Waals surface area contributed by atoms with Crippen molar-refractivity contribution in [2.45, 2.75) is 62.2 Å². The minimum Gasteiger partial charge on any atom is -0.394 e. The Morgan fingerprint density at radius 2 is 1.76 bits per heavy atom. The van der Waals surface area contributed by atoms with E-state index in [-0.39, 0.29) is 17.0 Å². The molecule has 2 aromatic heterocycles. The summed E-state index contributed by atoms with van der Waals surface area (Å²) < 4.78 is 58.3. The third-order valence-corrected chi connectivity index (χ3v) is 8.74. The fourth-order valence-corrected chi connectivity index (χ4v) is 5.86. The highest BCUT2D eigenvalue weighted by Gasteiger charge is 2.48. The van der Waals surface area contributed by atoms with Gasteiger partial charge in [-0.3, -0.25) is 13.6 Å². The number of halogens is 1. The molecule has 1 fully saturated rings. The standard InChI is InChI=1S/C18H30FN5O15P2/c1-6(7(26)2-25)11(27)13(29)14(30)18(31)38-41(34,35)39-40(32,33)36-3-8-12(28)9(19)17(37-8)24-5-23-10-15(20)21-4-22-16(10)24/h4-9,11-14,17-18,25-31H,2-3H2,1H3,(H,32,33)(H,34,35)(H2,20,21,22)/t6?,7-,8?,9?,11?,12?,13?,14?,17?,18?/m1/s1. The molecular formula is C18H30FN5O15P2. The van der Waals surface area contributed by atoms with Crippen LogP contribution in [0.4, 0.5) is 10.2 Å². The summed E-state index contributed by atoms with van der Waals surface area (Å²) >= 11 is 0. The number of aliphatic hydroxyl groups excluding tert-OH is 7. The maximum absolute atomic E-state index is 14.8. The fourth-order valence-electron chi connectivity index (χ4n) is 3.74. The predicted molar refractivity (Wildman–Crippen MR) is 129 cm³/mol. The maximum Gasteiger partial charge on any atom is 0.483 e. The molecule has 1 saturated heterocycles. The zero-order valence-corrected chi connectivity index (χ0v) is 22.7. The quantitative estimate of drug-likeness (QED) is 0.0714. The van der Waals surface area contributed by atoms with Crippen LogP contribution < -0.4 is 5.73 Å². The van der Waals surface area contributed by atoms with Gasteiger partial charge in [-0.1, -0.05) is 6.92 Å². The van der Waals surface area contributed by atoms with E-state index in [1.165, 1.54) is 0 Å². The third kappa shape index (κ3) is 7.79. The number of hydrogen-bond acceptors (Lipinski definition) is 17. The Hall–Kier alpha value is -1.78. The van der Waals surface area contributed by atoms with Crippen molar-refractivity contribution in [1.29, 1.82) is 0 Å². The summed E-state index contributed by atoms with van der Waals surface area (Å²) in [5.41, 5.74) is 5.83. The number of aromatic nitrogens is 4. The number of fused-ring (bicyclic) bond motifs is 1. The van der Waals surface area contributed by atoms with Crippen LogP contribution in [0.15, 0.2) is 12.7 Å². The lowest BCUT2D eigenvalue weighted by atomic mass is 9.92. The number of anilines is 1. The molecule has 11 unspecified atom stereocenters. The first-order chi connectivity index (χ1) is 19.0. The van der Waals surface area contributed by atoms with E-state index in [0.29, 0.717) is 0 Å². The lowest BCUT2D eigenvalue weighted by Crippen LogP contribution is -2.49. The number of imidazole rings is 1. The number of ether oxygens (including phenoxy) is 1. The van der Waals surface area contributed by atoms with E-state index in [0.717, 1.165) is 24.1 Å². The average molecular weight is 637 g/mol. The summed E-state index contributed by atoms with van der Waals surface area (Å²) in [7, 11) is -11.3. The summed E-state index contributed by atoms with van der Waals surface area (Å²) in [5, 5.41) is 68.3. The van der Waals surface area contributed by atoms with Gasteiger partial charge < -0.3 is 56.0 Å². The highest BCUT2D eigenvalue weighted by atomic mass is 31.3. The van der Waals surface area contributed by atoms with Gasteiger partial charge in [0.15, 0.2) is 30.2 Å². The van der Waals surface area contributed by atoms with E-state index in [9.17, 15) is 53.9 Å². The average Bonchev–Trinajstić information content (AvgIpc) is 3.45. The lowest BCUT2D eigenvalue weighted by molar-refractivity contribution is -0.181. The third-order valence-electron chi connectivity index (χ3n) is 6.13. The summed E-state index contributed by atoms with van der Waals surface area (Å²) in [6.07, 6.45) is -16.2. The van der Waals surface area contributed by atoms with Gasteiger partial charge in [-0.15, -0.1) is 0 Å². The molecule has 1 aliphatic rings. The first-order valence-corrected chi connectivity index (χ1v) is 14.6. The minimum atomic E-state index is -5.76. The first kappa shape index (κ1) is 33.7. The van der Waals surface area contributed by atoms with Crippen molar-refractivity contribution in [2.75, 3.05) is 18.9 Å². The van der Waals surface area contributed by atoms with Gasteiger partial charge in [0.05, 0.1) is 31.7 Å². The fraction of sp³-hybridized carbons (Fsp3) is 0.722. The zero-order chi connectivity index (χ0) is 30.9. The number of nitrogens with two attached hydrogens (primary N) is 1. The van der Waals surface area contributed by atoms with Gasteiger partial charge in [0.1, 0.15) is 36.3 Å². The lowest BCUT2D eigenvalue weighted by Gasteiger charge is -2.31. The van der Waals surface area contributed by atoms with Crippen LogP contribution in [0, 0.1) is 5.92 Å². The van der Waals surface area contributed by atoms with Gasteiger partial charge in [0, 0.05) is 5.92 Å². The molecule has 0 aliphatic carbocycles. The molecule has 234 valence electrons.